The number of hydrogen-bond acceptors (Lipinski definition) is 2. The molecule has 5 rings (SSSR count). The molecule has 2 aromatic carbocycles. The van der Waals surface area contributed by atoms with Crippen LogP contribution < -0.4 is 5.56 Å². The number of carbonyl (C=O) groups is 1. The second-order valence-corrected chi connectivity index (χ2v) is 7.80. The average molecular weight is 382 g/mol. The summed E-state index contributed by atoms with van der Waals surface area (Å²) < 4.78 is 0. The van der Waals surface area contributed by atoms with Crippen LogP contribution in [0.25, 0.3) is 27.4 Å². The van der Waals surface area contributed by atoms with Crippen LogP contribution in [0.1, 0.15) is 52.9 Å². The lowest BCUT2D eigenvalue weighted by Gasteiger charge is -2.13. The Bertz CT molecular complexity index is 1340. The van der Waals surface area contributed by atoms with Gasteiger partial charge in [0.05, 0.1) is 11.3 Å². The molecule has 0 bridgehead atoms. The molecule has 0 saturated heterocycles. The maximum absolute atomic E-state index is 13.7. The number of hydrogen-bond donors (Lipinski definition) is 2. The van der Waals surface area contributed by atoms with Gasteiger partial charge in [0.1, 0.15) is 5.52 Å². The predicted molar refractivity (Wildman–Crippen MR) is 117 cm³/mol. The Morgan fingerprint density at radius 3 is 2.52 bits per heavy atom. The molecule has 0 saturated carbocycles. The van der Waals surface area contributed by atoms with Crippen LogP contribution in [0, 0.1) is 6.92 Å². The van der Waals surface area contributed by atoms with Gasteiger partial charge in [-0.25, -0.2) is 0 Å². The first-order chi connectivity index (χ1) is 14.1. The van der Waals surface area contributed by atoms with Gasteiger partial charge in [-0.2, -0.15) is 0 Å². The average Bonchev–Trinajstić information content (AvgIpc) is 3.16. The fourth-order valence-corrected chi connectivity index (χ4v) is 4.32. The van der Waals surface area contributed by atoms with Gasteiger partial charge in [-0.1, -0.05) is 54.1 Å². The number of para-hydroxylation sites is 1. The topological polar surface area (TPSA) is 65.7 Å². The first-order valence-corrected chi connectivity index (χ1v) is 10.1. The molecule has 0 spiro atoms. The van der Waals surface area contributed by atoms with E-state index in [1.165, 1.54) is 0 Å². The van der Waals surface area contributed by atoms with E-state index in [0.717, 1.165) is 58.8 Å². The third-order valence-corrected chi connectivity index (χ3v) is 5.82. The van der Waals surface area contributed by atoms with Crippen LogP contribution in [0.2, 0.25) is 0 Å². The molecule has 2 heterocycles. The highest BCUT2D eigenvalue weighted by atomic mass is 16.1. The van der Waals surface area contributed by atoms with Crippen molar-refractivity contribution >= 4 is 33.2 Å². The fourth-order valence-electron chi connectivity index (χ4n) is 4.32. The Kier molecular flexibility index (Phi) is 4.20. The number of rotatable bonds is 3. The molecule has 0 unspecified atom stereocenters. The molecule has 4 heteroatoms. The maximum Gasteiger partial charge on any atom is 0.272 e. The molecule has 0 atom stereocenters. The van der Waals surface area contributed by atoms with Gasteiger partial charge >= 0.3 is 0 Å². The van der Waals surface area contributed by atoms with Crippen molar-refractivity contribution in [2.75, 3.05) is 0 Å². The summed E-state index contributed by atoms with van der Waals surface area (Å²) in [5.41, 5.74) is 5.31. The van der Waals surface area contributed by atoms with E-state index in [0.29, 0.717) is 16.6 Å². The smallest absolute Gasteiger partial charge is 0.272 e. The number of pyridine rings is 1. The van der Waals surface area contributed by atoms with Crippen LogP contribution in [0.4, 0.5) is 0 Å². The molecule has 1 aliphatic rings. The second-order valence-electron chi connectivity index (χ2n) is 7.80. The second kappa shape index (κ2) is 6.89. The molecule has 0 aliphatic heterocycles. The number of allylic oxidation sites excluding steroid dienone is 2. The van der Waals surface area contributed by atoms with Gasteiger partial charge in [-0.05, 0) is 44.2 Å². The molecule has 0 radical (unpaired) electrons. The monoisotopic (exact) mass is 382 g/mol. The van der Waals surface area contributed by atoms with Gasteiger partial charge in [0.15, 0.2) is 5.78 Å². The van der Waals surface area contributed by atoms with Crippen molar-refractivity contribution in [2.24, 2.45) is 0 Å². The SMILES string of the molecule is Cc1ccc(C(=O)c2c(C3=CCCCC3)[nH]c3c(=O)[nH]c4ccccc4c23)cc1. The number of aryl methyl sites for hydroxylation is 1. The summed E-state index contributed by atoms with van der Waals surface area (Å²) in [5, 5.41) is 1.60. The number of H-pyrrole nitrogens is 2. The largest absolute Gasteiger partial charge is 0.350 e. The molecular weight excluding hydrogens is 360 g/mol. The maximum atomic E-state index is 13.7. The van der Waals surface area contributed by atoms with E-state index in [2.05, 4.69) is 16.0 Å². The minimum Gasteiger partial charge on any atom is -0.350 e. The highest BCUT2D eigenvalue weighted by Gasteiger charge is 2.25. The summed E-state index contributed by atoms with van der Waals surface area (Å²) in [6.45, 7) is 2.01. The zero-order chi connectivity index (χ0) is 20.0. The lowest BCUT2D eigenvalue weighted by Crippen LogP contribution is -2.07. The quantitative estimate of drug-likeness (QED) is 0.459. The van der Waals surface area contributed by atoms with Gasteiger partial charge in [0.2, 0.25) is 0 Å². The zero-order valence-electron chi connectivity index (χ0n) is 16.3. The molecule has 1 aliphatic carbocycles. The molecule has 4 aromatic rings. The minimum absolute atomic E-state index is 0.0477. The normalized spacial score (nSPS) is 14.3. The van der Waals surface area contributed by atoms with E-state index in [1.807, 2.05) is 55.5 Å². The molecule has 29 heavy (non-hydrogen) atoms. The molecular formula is C25H22N2O2. The van der Waals surface area contributed by atoms with Gasteiger partial charge in [-0.15, -0.1) is 0 Å². The van der Waals surface area contributed by atoms with E-state index < -0.39 is 0 Å². The minimum atomic E-state index is -0.195. The Balaban J connectivity index is 1.87. The van der Waals surface area contributed by atoms with E-state index in [9.17, 15) is 9.59 Å². The van der Waals surface area contributed by atoms with Crippen molar-refractivity contribution in [1.29, 1.82) is 0 Å². The Morgan fingerprint density at radius 1 is 0.966 bits per heavy atom. The number of ketones is 1. The van der Waals surface area contributed by atoms with Crippen LogP contribution in [0.15, 0.2) is 59.4 Å². The summed E-state index contributed by atoms with van der Waals surface area (Å²) >= 11 is 0. The third-order valence-electron chi connectivity index (χ3n) is 5.82. The van der Waals surface area contributed by atoms with Gasteiger partial charge in [-0.3, -0.25) is 9.59 Å². The summed E-state index contributed by atoms with van der Waals surface area (Å²) in [5.74, 6) is -0.0477. The number of aromatic amines is 2. The van der Waals surface area contributed by atoms with E-state index >= 15 is 0 Å². The molecule has 2 aromatic heterocycles. The van der Waals surface area contributed by atoms with Crippen LogP contribution in [-0.4, -0.2) is 15.8 Å². The highest BCUT2D eigenvalue weighted by molar-refractivity contribution is 6.24. The number of fused-ring (bicyclic) bond motifs is 3. The predicted octanol–water partition coefficient (Wildman–Crippen LogP) is 5.51. The molecule has 0 amide bonds. The lowest BCUT2D eigenvalue weighted by molar-refractivity contribution is 0.104. The Hall–Kier alpha value is -3.40. The molecule has 144 valence electrons. The Morgan fingerprint density at radius 2 is 1.76 bits per heavy atom. The Labute approximate surface area is 168 Å². The highest BCUT2D eigenvalue weighted by Crippen LogP contribution is 2.36. The van der Waals surface area contributed by atoms with E-state index in [-0.39, 0.29) is 11.3 Å². The van der Waals surface area contributed by atoms with Crippen molar-refractivity contribution in [3.8, 4) is 0 Å². The van der Waals surface area contributed by atoms with E-state index in [1.54, 1.807) is 0 Å². The van der Waals surface area contributed by atoms with Gasteiger partial charge in [0.25, 0.3) is 5.56 Å². The number of carbonyl (C=O) groups excluding carboxylic acids is 1. The van der Waals surface area contributed by atoms with Crippen molar-refractivity contribution < 1.29 is 4.79 Å². The summed E-state index contributed by atoms with van der Waals surface area (Å²) in [6, 6.07) is 15.3. The van der Waals surface area contributed by atoms with Crippen molar-refractivity contribution in [1.82, 2.24) is 9.97 Å². The van der Waals surface area contributed by atoms with Crippen LogP contribution >= 0.6 is 0 Å². The third kappa shape index (κ3) is 2.92. The van der Waals surface area contributed by atoms with Crippen LogP contribution in [-0.2, 0) is 0 Å². The summed E-state index contributed by atoms with van der Waals surface area (Å²) in [4.78, 5) is 32.8. The van der Waals surface area contributed by atoms with Gasteiger partial charge < -0.3 is 9.97 Å². The first kappa shape index (κ1) is 17.7. The standard InChI is InChI=1S/C25H22N2O2/c1-15-11-13-17(14-12-15)24(28)21-20-18-9-5-6-10-19(18)26-25(29)23(20)27-22(21)16-7-3-2-4-8-16/h5-7,9-14,27H,2-4,8H2,1H3,(H,26,29). The number of aromatic nitrogens is 2. The fraction of sp³-hybridized carbons (Fsp3) is 0.200. The van der Waals surface area contributed by atoms with Gasteiger partial charge in [0, 0.05) is 21.9 Å². The molecule has 4 nitrogen and oxygen atoms in total. The van der Waals surface area contributed by atoms with E-state index in [4.69, 9.17) is 0 Å². The molecule has 0 fully saturated rings. The van der Waals surface area contributed by atoms with Crippen molar-refractivity contribution in [3.05, 3.63) is 87.3 Å². The number of nitrogens with one attached hydrogen (secondary N) is 2. The number of benzene rings is 2. The first-order valence-electron chi connectivity index (χ1n) is 10.1. The van der Waals surface area contributed by atoms with Crippen molar-refractivity contribution in [2.45, 2.75) is 32.6 Å². The zero-order valence-corrected chi connectivity index (χ0v) is 16.3. The van der Waals surface area contributed by atoms with Crippen LogP contribution in [0.5, 0.6) is 0 Å². The molecule has 2 N–H and O–H groups in total. The summed E-state index contributed by atoms with van der Waals surface area (Å²) in [7, 11) is 0. The van der Waals surface area contributed by atoms with Crippen molar-refractivity contribution in [3.63, 3.8) is 0 Å². The van der Waals surface area contributed by atoms with Crippen LogP contribution in [0.3, 0.4) is 0 Å². The lowest BCUT2D eigenvalue weighted by atomic mass is 9.91. The summed E-state index contributed by atoms with van der Waals surface area (Å²) in [6.07, 6.45) is 6.37.